The Hall–Kier alpha value is -3.45. The van der Waals surface area contributed by atoms with E-state index in [0.29, 0.717) is 5.56 Å². The molecule has 4 rings (SSSR count). The molecule has 4 heteroatoms. The number of hydrogen-bond acceptors (Lipinski definition) is 3. The highest BCUT2D eigenvalue weighted by Crippen LogP contribution is 2.29. The van der Waals surface area contributed by atoms with Gasteiger partial charge in [0.05, 0.1) is 17.7 Å². The first-order chi connectivity index (χ1) is 14.2. The third-order valence-corrected chi connectivity index (χ3v) is 5.41. The first-order valence-electron chi connectivity index (χ1n) is 10.1. The highest BCUT2D eigenvalue weighted by molar-refractivity contribution is 5.72. The lowest BCUT2D eigenvalue weighted by atomic mass is 9.98. The Bertz CT molecular complexity index is 1170. The number of aryl methyl sites for hydroxylation is 1. The predicted octanol–water partition coefficient (Wildman–Crippen LogP) is 5.92. The van der Waals surface area contributed by atoms with Crippen LogP contribution in [0.15, 0.2) is 66.9 Å². The van der Waals surface area contributed by atoms with E-state index >= 15 is 0 Å². The Balaban J connectivity index is 1.72. The zero-order chi connectivity index (χ0) is 20.2. The lowest BCUT2D eigenvalue weighted by Gasteiger charge is -2.18. The molecule has 0 N–H and O–H groups in total. The van der Waals surface area contributed by atoms with Gasteiger partial charge >= 0.3 is 0 Å². The lowest BCUT2D eigenvalue weighted by Crippen LogP contribution is -2.11. The van der Waals surface area contributed by atoms with Gasteiger partial charge in [-0.1, -0.05) is 55.8 Å². The molecule has 0 amide bonds. The summed E-state index contributed by atoms with van der Waals surface area (Å²) in [5.41, 5.74) is 5.80. The third-order valence-electron chi connectivity index (χ3n) is 5.41. The van der Waals surface area contributed by atoms with Crippen LogP contribution in [-0.4, -0.2) is 14.5 Å². The Morgan fingerprint density at radius 3 is 2.59 bits per heavy atom. The molecule has 0 aliphatic rings. The van der Waals surface area contributed by atoms with Crippen LogP contribution >= 0.6 is 0 Å². The molecule has 0 aliphatic carbocycles. The van der Waals surface area contributed by atoms with Crippen LogP contribution in [0, 0.1) is 11.3 Å². The average molecular weight is 380 g/mol. The normalized spacial score (nSPS) is 12.0. The molecule has 0 saturated carbocycles. The molecule has 4 aromatic rings. The van der Waals surface area contributed by atoms with Crippen LogP contribution in [0.2, 0.25) is 0 Å². The average Bonchev–Trinajstić information content (AvgIpc) is 3.15. The van der Waals surface area contributed by atoms with Gasteiger partial charge in [-0.15, -0.1) is 0 Å². The highest BCUT2D eigenvalue weighted by Gasteiger charge is 2.18. The maximum absolute atomic E-state index is 9.38. The van der Waals surface area contributed by atoms with Crippen molar-refractivity contribution in [3.05, 3.63) is 83.8 Å². The molecule has 0 saturated heterocycles. The summed E-state index contributed by atoms with van der Waals surface area (Å²) in [6, 6.07) is 22.6. The molecule has 0 fully saturated rings. The van der Waals surface area contributed by atoms with Gasteiger partial charge in [0.2, 0.25) is 0 Å². The number of imidazole rings is 1. The minimum absolute atomic E-state index is 0.127. The van der Waals surface area contributed by atoms with Crippen LogP contribution < -0.4 is 0 Å². The van der Waals surface area contributed by atoms with Crippen molar-refractivity contribution in [2.45, 2.75) is 39.2 Å². The topological polar surface area (TPSA) is 54.5 Å². The summed E-state index contributed by atoms with van der Waals surface area (Å²) in [5.74, 6) is 1.09. The van der Waals surface area contributed by atoms with Crippen molar-refractivity contribution in [1.29, 1.82) is 5.26 Å². The van der Waals surface area contributed by atoms with Gasteiger partial charge in [0.15, 0.2) is 5.65 Å². The summed E-state index contributed by atoms with van der Waals surface area (Å²) in [4.78, 5) is 9.46. The number of unbranched alkanes of at least 4 members (excludes halogenated alkanes) is 1. The van der Waals surface area contributed by atoms with Crippen molar-refractivity contribution in [1.82, 2.24) is 14.5 Å². The van der Waals surface area contributed by atoms with E-state index in [2.05, 4.69) is 53.7 Å². The number of fused-ring (bicyclic) bond motifs is 1. The molecule has 4 nitrogen and oxygen atoms in total. The van der Waals surface area contributed by atoms with Crippen LogP contribution in [0.1, 0.15) is 49.7 Å². The number of hydrogen-bond donors (Lipinski definition) is 0. The largest absolute Gasteiger partial charge is 0.305 e. The standard InChI is InChI=1S/C25H24N4/c1-3-4-11-24-28-23-10-7-16-27-25(23)29(24)18(2)19-12-14-20(15-13-19)22-9-6-5-8-21(22)17-26/h5-10,12-16,18H,3-4,11H2,1-2H3. The number of benzene rings is 2. The Morgan fingerprint density at radius 1 is 1.03 bits per heavy atom. The summed E-state index contributed by atoms with van der Waals surface area (Å²) in [7, 11) is 0. The first-order valence-corrected chi connectivity index (χ1v) is 10.1. The van der Waals surface area contributed by atoms with E-state index in [4.69, 9.17) is 4.98 Å². The van der Waals surface area contributed by atoms with E-state index in [9.17, 15) is 5.26 Å². The van der Waals surface area contributed by atoms with Gasteiger partial charge in [-0.2, -0.15) is 5.26 Å². The van der Waals surface area contributed by atoms with Gasteiger partial charge in [0.1, 0.15) is 11.3 Å². The van der Waals surface area contributed by atoms with E-state index < -0.39 is 0 Å². The second kappa shape index (κ2) is 8.28. The predicted molar refractivity (Wildman–Crippen MR) is 117 cm³/mol. The van der Waals surface area contributed by atoms with Crippen molar-refractivity contribution in [3.8, 4) is 17.2 Å². The SMILES string of the molecule is CCCCc1nc2cccnc2n1C(C)c1ccc(-c2ccccc2C#N)cc1. The minimum atomic E-state index is 0.127. The Morgan fingerprint density at radius 2 is 1.83 bits per heavy atom. The van der Waals surface area contributed by atoms with Crippen LogP contribution in [-0.2, 0) is 6.42 Å². The molecule has 29 heavy (non-hydrogen) atoms. The number of aromatic nitrogens is 3. The molecule has 2 aromatic heterocycles. The number of nitrogens with zero attached hydrogens (tertiary/aromatic N) is 4. The molecule has 2 heterocycles. The quantitative estimate of drug-likeness (QED) is 0.417. The second-order valence-corrected chi connectivity index (χ2v) is 7.30. The van der Waals surface area contributed by atoms with Crippen molar-refractivity contribution < 1.29 is 0 Å². The molecule has 0 spiro atoms. The van der Waals surface area contributed by atoms with Crippen molar-refractivity contribution in [3.63, 3.8) is 0 Å². The van der Waals surface area contributed by atoms with Crippen LogP contribution in [0.4, 0.5) is 0 Å². The Labute approximate surface area is 171 Å². The van der Waals surface area contributed by atoms with Crippen molar-refractivity contribution in [2.24, 2.45) is 0 Å². The minimum Gasteiger partial charge on any atom is -0.305 e. The zero-order valence-corrected chi connectivity index (χ0v) is 16.8. The summed E-state index contributed by atoms with van der Waals surface area (Å²) in [6.07, 6.45) is 5.03. The molecule has 0 aliphatic heterocycles. The smallest absolute Gasteiger partial charge is 0.160 e. The van der Waals surface area contributed by atoms with E-state index in [0.717, 1.165) is 47.4 Å². The van der Waals surface area contributed by atoms with E-state index in [1.165, 1.54) is 5.56 Å². The molecule has 2 aromatic carbocycles. The van der Waals surface area contributed by atoms with Gasteiger partial charge in [-0.05, 0) is 48.2 Å². The maximum Gasteiger partial charge on any atom is 0.160 e. The number of pyridine rings is 1. The summed E-state index contributed by atoms with van der Waals surface area (Å²) in [5, 5.41) is 9.38. The second-order valence-electron chi connectivity index (χ2n) is 7.30. The maximum atomic E-state index is 9.38. The summed E-state index contributed by atoms with van der Waals surface area (Å²) in [6.45, 7) is 4.40. The fraction of sp³-hybridized carbons (Fsp3) is 0.240. The van der Waals surface area contributed by atoms with E-state index in [1.807, 2.05) is 42.6 Å². The molecular weight excluding hydrogens is 356 g/mol. The number of rotatable bonds is 6. The summed E-state index contributed by atoms with van der Waals surface area (Å²) >= 11 is 0. The van der Waals surface area contributed by atoms with Crippen molar-refractivity contribution >= 4 is 11.2 Å². The third kappa shape index (κ3) is 3.64. The van der Waals surface area contributed by atoms with Gasteiger partial charge in [0, 0.05) is 12.6 Å². The molecule has 0 bridgehead atoms. The van der Waals surface area contributed by atoms with Gasteiger partial charge in [-0.3, -0.25) is 0 Å². The van der Waals surface area contributed by atoms with Gasteiger partial charge < -0.3 is 4.57 Å². The van der Waals surface area contributed by atoms with Crippen LogP contribution in [0.25, 0.3) is 22.3 Å². The fourth-order valence-electron chi connectivity index (χ4n) is 3.82. The fourth-order valence-corrected chi connectivity index (χ4v) is 3.82. The lowest BCUT2D eigenvalue weighted by molar-refractivity contribution is 0.599. The highest BCUT2D eigenvalue weighted by atomic mass is 15.1. The molecule has 1 unspecified atom stereocenters. The van der Waals surface area contributed by atoms with Crippen LogP contribution in [0.5, 0.6) is 0 Å². The molecule has 0 radical (unpaired) electrons. The van der Waals surface area contributed by atoms with Gasteiger partial charge in [0.25, 0.3) is 0 Å². The molecule has 144 valence electrons. The monoisotopic (exact) mass is 380 g/mol. The van der Waals surface area contributed by atoms with Crippen molar-refractivity contribution in [2.75, 3.05) is 0 Å². The zero-order valence-electron chi connectivity index (χ0n) is 16.8. The molecular formula is C25H24N4. The van der Waals surface area contributed by atoms with Gasteiger partial charge in [-0.25, -0.2) is 9.97 Å². The number of nitriles is 1. The Kier molecular flexibility index (Phi) is 5.39. The van der Waals surface area contributed by atoms with Crippen LogP contribution in [0.3, 0.4) is 0 Å². The van der Waals surface area contributed by atoms with E-state index in [1.54, 1.807) is 0 Å². The first kappa shape index (κ1) is 18.9. The summed E-state index contributed by atoms with van der Waals surface area (Å²) < 4.78 is 2.27. The van der Waals surface area contributed by atoms with E-state index in [-0.39, 0.29) is 6.04 Å². The molecule has 1 atom stereocenters.